The Morgan fingerprint density at radius 3 is 2.89 bits per heavy atom. The van der Waals surface area contributed by atoms with Crippen LogP contribution in [0.4, 0.5) is 0 Å². The van der Waals surface area contributed by atoms with Gasteiger partial charge >= 0.3 is 0 Å². The molecule has 2 heterocycles. The molecule has 0 saturated carbocycles. The largest absolute Gasteiger partial charge is 0.384 e. The Kier molecular flexibility index (Phi) is 3.06. The fraction of sp³-hybridized carbons (Fsp3) is 0.500. The Bertz CT molecular complexity index is 434. The number of carbonyl (C=O) groups is 1. The van der Waals surface area contributed by atoms with E-state index in [9.17, 15) is 4.79 Å². The van der Waals surface area contributed by atoms with E-state index < -0.39 is 0 Å². The highest BCUT2D eigenvalue weighted by atomic mass is 16.5. The number of nitrogens with zero attached hydrogens (tertiary/aromatic N) is 1. The maximum Gasteiger partial charge on any atom is 0.230 e. The summed E-state index contributed by atoms with van der Waals surface area (Å²) in [4.78, 5) is 14.2. The van der Waals surface area contributed by atoms with Crippen LogP contribution in [0.5, 0.6) is 0 Å². The number of carbonyl (C=O) groups excluding carboxylic acids is 1. The SMILES string of the molecule is COCC1CC2CO[C@H](c3ccccc3)N2C1=O. The topological polar surface area (TPSA) is 38.8 Å². The fourth-order valence-electron chi connectivity index (χ4n) is 2.89. The Hall–Kier alpha value is -1.39. The van der Waals surface area contributed by atoms with Crippen molar-refractivity contribution in [1.82, 2.24) is 4.90 Å². The first-order valence-electron chi connectivity index (χ1n) is 6.29. The predicted octanol–water partition coefficient (Wildman–Crippen LogP) is 1.58. The van der Waals surface area contributed by atoms with E-state index in [1.54, 1.807) is 7.11 Å². The van der Waals surface area contributed by atoms with Crippen molar-refractivity contribution >= 4 is 5.91 Å². The van der Waals surface area contributed by atoms with Gasteiger partial charge in [0, 0.05) is 12.7 Å². The number of hydrogen-bond acceptors (Lipinski definition) is 3. The minimum absolute atomic E-state index is 0.00453. The summed E-state index contributed by atoms with van der Waals surface area (Å²) in [5.74, 6) is 0.156. The van der Waals surface area contributed by atoms with E-state index in [4.69, 9.17) is 9.47 Å². The average Bonchev–Trinajstić information content (AvgIpc) is 2.93. The van der Waals surface area contributed by atoms with Crippen molar-refractivity contribution in [2.24, 2.45) is 5.92 Å². The molecule has 2 aliphatic heterocycles. The monoisotopic (exact) mass is 247 g/mol. The van der Waals surface area contributed by atoms with Gasteiger partial charge in [0.2, 0.25) is 5.91 Å². The summed E-state index contributed by atoms with van der Waals surface area (Å²) >= 11 is 0. The van der Waals surface area contributed by atoms with Crippen molar-refractivity contribution in [3.8, 4) is 0 Å². The van der Waals surface area contributed by atoms with Gasteiger partial charge in [0.25, 0.3) is 0 Å². The van der Waals surface area contributed by atoms with Gasteiger partial charge in [0.15, 0.2) is 6.23 Å². The van der Waals surface area contributed by atoms with Crippen LogP contribution in [-0.2, 0) is 14.3 Å². The molecule has 0 spiro atoms. The van der Waals surface area contributed by atoms with Gasteiger partial charge in [-0.3, -0.25) is 4.79 Å². The molecule has 0 N–H and O–H groups in total. The quantitative estimate of drug-likeness (QED) is 0.814. The first-order chi connectivity index (χ1) is 8.81. The number of rotatable bonds is 3. The van der Waals surface area contributed by atoms with Crippen LogP contribution in [0.25, 0.3) is 0 Å². The fourth-order valence-corrected chi connectivity index (χ4v) is 2.89. The molecule has 3 atom stereocenters. The van der Waals surface area contributed by atoms with Gasteiger partial charge in [-0.25, -0.2) is 0 Å². The smallest absolute Gasteiger partial charge is 0.230 e. The Balaban J connectivity index is 1.82. The van der Waals surface area contributed by atoms with Crippen LogP contribution in [0.2, 0.25) is 0 Å². The molecule has 0 radical (unpaired) electrons. The zero-order chi connectivity index (χ0) is 12.5. The molecule has 0 aromatic heterocycles. The summed E-state index contributed by atoms with van der Waals surface area (Å²) in [5, 5.41) is 0. The van der Waals surface area contributed by atoms with Gasteiger partial charge in [-0.1, -0.05) is 30.3 Å². The lowest BCUT2D eigenvalue weighted by Crippen LogP contribution is -2.32. The Morgan fingerprint density at radius 2 is 2.17 bits per heavy atom. The summed E-state index contributed by atoms with van der Waals surface area (Å²) in [6.07, 6.45) is 0.626. The third-order valence-corrected chi connectivity index (χ3v) is 3.71. The number of amides is 1. The van der Waals surface area contributed by atoms with E-state index in [0.29, 0.717) is 13.2 Å². The Morgan fingerprint density at radius 1 is 1.39 bits per heavy atom. The molecule has 2 aliphatic rings. The number of benzene rings is 1. The predicted molar refractivity (Wildman–Crippen MR) is 65.8 cm³/mol. The van der Waals surface area contributed by atoms with Crippen LogP contribution in [-0.4, -0.2) is 37.2 Å². The molecule has 18 heavy (non-hydrogen) atoms. The number of hydrogen-bond donors (Lipinski definition) is 0. The maximum atomic E-state index is 12.3. The number of fused-ring (bicyclic) bond motifs is 1. The van der Waals surface area contributed by atoms with E-state index in [-0.39, 0.29) is 24.1 Å². The van der Waals surface area contributed by atoms with E-state index in [1.165, 1.54) is 0 Å². The third-order valence-electron chi connectivity index (χ3n) is 3.71. The van der Waals surface area contributed by atoms with E-state index >= 15 is 0 Å². The lowest BCUT2D eigenvalue weighted by Gasteiger charge is -2.23. The molecular formula is C14H17NO3. The van der Waals surface area contributed by atoms with Crippen molar-refractivity contribution in [2.45, 2.75) is 18.7 Å². The van der Waals surface area contributed by atoms with Crippen LogP contribution in [0.3, 0.4) is 0 Å². The molecule has 1 aromatic rings. The second-order valence-corrected chi connectivity index (χ2v) is 4.88. The maximum absolute atomic E-state index is 12.3. The molecule has 4 nitrogen and oxygen atoms in total. The molecule has 2 fully saturated rings. The summed E-state index contributed by atoms with van der Waals surface area (Å²) in [5.41, 5.74) is 1.05. The minimum Gasteiger partial charge on any atom is -0.384 e. The standard InChI is InChI=1S/C14H17NO3/c1-17-8-11-7-12-9-18-14(15(12)13(11)16)10-5-3-2-4-6-10/h2-6,11-12,14H,7-9H2,1H3/t11?,12?,14-/m1/s1. The van der Waals surface area contributed by atoms with E-state index in [2.05, 4.69) is 0 Å². The second-order valence-electron chi connectivity index (χ2n) is 4.88. The van der Waals surface area contributed by atoms with Gasteiger partial charge in [0.05, 0.1) is 25.2 Å². The molecule has 0 bridgehead atoms. The minimum atomic E-state index is -0.217. The van der Waals surface area contributed by atoms with Gasteiger partial charge in [0.1, 0.15) is 0 Å². The molecule has 1 aromatic carbocycles. The molecule has 2 unspecified atom stereocenters. The van der Waals surface area contributed by atoms with Crippen molar-refractivity contribution in [3.05, 3.63) is 35.9 Å². The highest BCUT2D eigenvalue weighted by Crippen LogP contribution is 2.39. The summed E-state index contributed by atoms with van der Waals surface area (Å²) in [7, 11) is 1.64. The van der Waals surface area contributed by atoms with Gasteiger partial charge in [-0.2, -0.15) is 0 Å². The first-order valence-corrected chi connectivity index (χ1v) is 6.29. The first kappa shape index (κ1) is 11.7. The van der Waals surface area contributed by atoms with Crippen molar-refractivity contribution < 1.29 is 14.3 Å². The highest BCUT2D eigenvalue weighted by Gasteiger charge is 2.47. The molecular weight excluding hydrogens is 230 g/mol. The van der Waals surface area contributed by atoms with Crippen LogP contribution < -0.4 is 0 Å². The van der Waals surface area contributed by atoms with Crippen molar-refractivity contribution in [3.63, 3.8) is 0 Å². The lowest BCUT2D eigenvalue weighted by molar-refractivity contribution is -0.138. The van der Waals surface area contributed by atoms with Crippen LogP contribution in [0.15, 0.2) is 30.3 Å². The second kappa shape index (κ2) is 4.71. The molecule has 4 heteroatoms. The van der Waals surface area contributed by atoms with Crippen LogP contribution in [0, 0.1) is 5.92 Å². The van der Waals surface area contributed by atoms with E-state index in [1.807, 2.05) is 35.2 Å². The summed E-state index contributed by atoms with van der Waals surface area (Å²) < 4.78 is 10.9. The normalized spacial score (nSPS) is 30.8. The van der Waals surface area contributed by atoms with Gasteiger partial charge in [-0.15, -0.1) is 0 Å². The summed E-state index contributed by atoms with van der Waals surface area (Å²) in [6, 6.07) is 10.1. The molecule has 0 aliphatic carbocycles. The third kappa shape index (κ3) is 1.82. The molecule has 3 rings (SSSR count). The number of methoxy groups -OCH3 is 1. The van der Waals surface area contributed by atoms with Crippen molar-refractivity contribution in [2.75, 3.05) is 20.3 Å². The number of ether oxygens (including phenoxy) is 2. The average molecular weight is 247 g/mol. The van der Waals surface area contributed by atoms with Crippen LogP contribution in [0.1, 0.15) is 18.2 Å². The van der Waals surface area contributed by atoms with E-state index in [0.717, 1.165) is 12.0 Å². The zero-order valence-corrected chi connectivity index (χ0v) is 10.4. The highest BCUT2D eigenvalue weighted by molar-refractivity contribution is 5.82. The van der Waals surface area contributed by atoms with Crippen LogP contribution >= 0.6 is 0 Å². The van der Waals surface area contributed by atoms with Crippen molar-refractivity contribution in [1.29, 1.82) is 0 Å². The van der Waals surface area contributed by atoms with Gasteiger partial charge in [-0.05, 0) is 6.42 Å². The zero-order valence-electron chi connectivity index (χ0n) is 10.4. The van der Waals surface area contributed by atoms with Gasteiger partial charge < -0.3 is 14.4 Å². The molecule has 2 saturated heterocycles. The Labute approximate surface area is 106 Å². The lowest BCUT2D eigenvalue weighted by atomic mass is 10.1. The molecule has 1 amide bonds. The molecule has 96 valence electrons. The summed E-state index contributed by atoms with van der Waals surface area (Å²) in [6.45, 7) is 1.14.